The number of benzene rings is 1. The Morgan fingerprint density at radius 2 is 2.00 bits per heavy atom. The molecule has 0 fully saturated rings. The maximum Gasteiger partial charge on any atom is 0.267 e. The Hall–Kier alpha value is -3.44. The average molecular weight is 487 g/mol. The normalized spacial score (nSPS) is 10.9. The van der Waals surface area contributed by atoms with Crippen LogP contribution in [-0.2, 0) is 16.1 Å². The van der Waals surface area contributed by atoms with Gasteiger partial charge in [0.05, 0.1) is 18.5 Å². The van der Waals surface area contributed by atoms with E-state index in [9.17, 15) is 14.7 Å². The van der Waals surface area contributed by atoms with Crippen molar-refractivity contribution < 1.29 is 19.4 Å². The molecular weight excluding hydrogens is 456 g/mol. The van der Waals surface area contributed by atoms with Gasteiger partial charge in [-0.15, -0.1) is 0 Å². The first kappa shape index (κ1) is 25.2. The molecule has 3 rings (SSSR count). The van der Waals surface area contributed by atoms with E-state index >= 15 is 0 Å². The van der Waals surface area contributed by atoms with E-state index < -0.39 is 0 Å². The molecule has 10 nitrogen and oxygen atoms in total. The molecule has 34 heavy (non-hydrogen) atoms. The molecule has 0 saturated heterocycles. The number of amides is 2. The largest absolute Gasteiger partial charge is 0.508 e. The number of nitrogens with one attached hydrogen (secondary N) is 2. The van der Waals surface area contributed by atoms with Crippen molar-refractivity contribution in [2.45, 2.75) is 34.2 Å². The maximum absolute atomic E-state index is 12.7. The molecule has 2 aromatic heterocycles. The van der Waals surface area contributed by atoms with Crippen LogP contribution < -0.4 is 10.6 Å². The lowest BCUT2D eigenvalue weighted by Gasteiger charge is -2.20. The fourth-order valence-electron chi connectivity index (χ4n) is 3.37. The van der Waals surface area contributed by atoms with Crippen LogP contribution in [-0.4, -0.2) is 63.4 Å². The van der Waals surface area contributed by atoms with Gasteiger partial charge in [-0.25, -0.2) is 4.98 Å². The quantitative estimate of drug-likeness (QED) is 0.401. The summed E-state index contributed by atoms with van der Waals surface area (Å²) in [5, 5.41) is 20.9. The first-order valence-electron chi connectivity index (χ1n) is 10.9. The van der Waals surface area contributed by atoms with Crippen LogP contribution in [0.15, 0.2) is 24.5 Å². The van der Waals surface area contributed by atoms with Gasteiger partial charge in [-0.1, -0.05) is 17.4 Å². The van der Waals surface area contributed by atoms with E-state index in [0.29, 0.717) is 46.8 Å². The molecule has 0 unspecified atom stereocenters. The van der Waals surface area contributed by atoms with Crippen LogP contribution in [0.2, 0.25) is 0 Å². The van der Waals surface area contributed by atoms with Gasteiger partial charge in [0.15, 0.2) is 10.9 Å². The Balaban J connectivity index is 1.66. The molecule has 182 valence electrons. The van der Waals surface area contributed by atoms with Crippen molar-refractivity contribution in [2.24, 2.45) is 0 Å². The Morgan fingerprint density at radius 1 is 1.24 bits per heavy atom. The predicted molar refractivity (Wildman–Crippen MR) is 132 cm³/mol. The van der Waals surface area contributed by atoms with Gasteiger partial charge < -0.3 is 25.4 Å². The fraction of sp³-hybridized carbons (Fsp3) is 0.391. The van der Waals surface area contributed by atoms with Crippen LogP contribution in [0.4, 0.5) is 16.6 Å². The number of likely N-dealkylation sites (N-methyl/N-ethyl adjacent to an activating group) is 1. The van der Waals surface area contributed by atoms with E-state index in [-0.39, 0.29) is 24.1 Å². The van der Waals surface area contributed by atoms with E-state index in [1.165, 1.54) is 17.5 Å². The van der Waals surface area contributed by atoms with Crippen molar-refractivity contribution in [3.8, 4) is 5.75 Å². The second-order valence-electron chi connectivity index (χ2n) is 7.83. The lowest BCUT2D eigenvalue weighted by atomic mass is 10.1. The number of methoxy groups -OCH3 is 1. The topological polar surface area (TPSA) is 122 Å². The minimum absolute atomic E-state index is 0.0423. The van der Waals surface area contributed by atoms with Gasteiger partial charge in [0.2, 0.25) is 5.91 Å². The lowest BCUT2D eigenvalue weighted by molar-refractivity contribution is -0.132. The molecule has 2 heterocycles. The third-order valence-electron chi connectivity index (χ3n) is 5.38. The molecule has 0 aliphatic heterocycles. The smallest absolute Gasteiger partial charge is 0.267 e. The summed E-state index contributed by atoms with van der Waals surface area (Å²) in [6.45, 7) is 9.15. The number of hydrogen-bond acceptors (Lipinski definition) is 8. The summed E-state index contributed by atoms with van der Waals surface area (Å²) < 4.78 is 6.65. The van der Waals surface area contributed by atoms with Crippen LogP contribution in [0.25, 0.3) is 0 Å². The van der Waals surface area contributed by atoms with E-state index in [4.69, 9.17) is 4.74 Å². The summed E-state index contributed by atoms with van der Waals surface area (Å²) in [4.78, 5) is 31.7. The maximum atomic E-state index is 12.7. The summed E-state index contributed by atoms with van der Waals surface area (Å²) in [6, 6.07) is 3.35. The van der Waals surface area contributed by atoms with E-state index in [0.717, 1.165) is 11.1 Å². The number of phenols is 1. The van der Waals surface area contributed by atoms with Gasteiger partial charge in [0.1, 0.15) is 17.2 Å². The zero-order valence-corrected chi connectivity index (χ0v) is 20.8. The number of aryl methyl sites for hydroxylation is 2. The second kappa shape index (κ2) is 11.1. The molecule has 0 bridgehead atoms. The van der Waals surface area contributed by atoms with Crippen LogP contribution >= 0.6 is 11.3 Å². The molecule has 0 aliphatic carbocycles. The molecule has 3 N–H and O–H groups in total. The lowest BCUT2D eigenvalue weighted by Crippen LogP contribution is -2.36. The van der Waals surface area contributed by atoms with Crippen LogP contribution in [0.1, 0.15) is 33.3 Å². The van der Waals surface area contributed by atoms with Crippen LogP contribution in [0.3, 0.4) is 0 Å². The zero-order chi connectivity index (χ0) is 24.8. The summed E-state index contributed by atoms with van der Waals surface area (Å²) in [5.41, 5.74) is 2.89. The number of aromatic nitrogens is 3. The van der Waals surface area contributed by atoms with Crippen molar-refractivity contribution >= 4 is 39.8 Å². The van der Waals surface area contributed by atoms with Gasteiger partial charge in [-0.2, -0.15) is 5.10 Å². The Morgan fingerprint density at radius 3 is 2.71 bits per heavy atom. The highest BCUT2D eigenvalue weighted by atomic mass is 32.1. The van der Waals surface area contributed by atoms with Gasteiger partial charge in [0, 0.05) is 37.5 Å². The average Bonchev–Trinajstić information content (AvgIpc) is 3.41. The number of phenolic OH excluding ortho intramolecular Hbond substituents is 1. The Labute approximate surface area is 202 Å². The standard InChI is InChI=1S/C23H30N6O4S/c1-6-28(9-10-33-5)19(31)13-29-12-15(3)21(27-29)26-23-24-11-18(34-23)22(32)25-20-14(2)7-8-17(30)16(20)4/h7-8,11-12,30H,6,9-10,13H2,1-5H3,(H,25,32)(H,24,26,27). The molecule has 0 radical (unpaired) electrons. The second-order valence-corrected chi connectivity index (χ2v) is 8.87. The molecule has 0 aliphatic rings. The molecule has 0 atom stereocenters. The van der Waals surface area contributed by atoms with Crippen molar-refractivity contribution in [2.75, 3.05) is 37.4 Å². The summed E-state index contributed by atoms with van der Waals surface area (Å²) in [6.07, 6.45) is 3.28. The number of carbonyl (C=O) groups is 2. The minimum atomic E-state index is -0.314. The summed E-state index contributed by atoms with van der Waals surface area (Å²) in [7, 11) is 1.61. The summed E-state index contributed by atoms with van der Waals surface area (Å²) in [5.74, 6) is 0.330. The fourth-order valence-corrected chi connectivity index (χ4v) is 4.08. The molecule has 11 heteroatoms. The van der Waals surface area contributed by atoms with Crippen molar-refractivity contribution in [3.63, 3.8) is 0 Å². The van der Waals surface area contributed by atoms with E-state index in [1.54, 1.807) is 41.9 Å². The minimum Gasteiger partial charge on any atom is -0.508 e. The Kier molecular flexibility index (Phi) is 8.24. The first-order valence-corrected chi connectivity index (χ1v) is 11.7. The highest BCUT2D eigenvalue weighted by Gasteiger charge is 2.17. The molecular formula is C23H30N6O4S. The first-order chi connectivity index (χ1) is 16.2. The molecule has 0 spiro atoms. The number of rotatable bonds is 10. The van der Waals surface area contributed by atoms with Gasteiger partial charge >= 0.3 is 0 Å². The molecule has 3 aromatic rings. The highest BCUT2D eigenvalue weighted by molar-refractivity contribution is 7.17. The van der Waals surface area contributed by atoms with E-state index in [2.05, 4.69) is 20.7 Å². The van der Waals surface area contributed by atoms with Crippen molar-refractivity contribution in [3.05, 3.63) is 46.1 Å². The predicted octanol–water partition coefficient (Wildman–Crippen LogP) is 3.46. The zero-order valence-electron chi connectivity index (χ0n) is 20.0. The highest BCUT2D eigenvalue weighted by Crippen LogP contribution is 2.30. The van der Waals surface area contributed by atoms with Gasteiger partial charge in [-0.3, -0.25) is 14.3 Å². The molecule has 2 amide bonds. The monoisotopic (exact) mass is 486 g/mol. The number of ether oxygens (including phenoxy) is 1. The molecule has 1 aromatic carbocycles. The third kappa shape index (κ3) is 5.91. The van der Waals surface area contributed by atoms with Gasteiger partial charge in [0.25, 0.3) is 5.91 Å². The van der Waals surface area contributed by atoms with Gasteiger partial charge in [-0.05, 0) is 39.3 Å². The number of nitrogens with zero attached hydrogens (tertiary/aromatic N) is 4. The number of aromatic hydroxyl groups is 1. The molecule has 0 saturated carbocycles. The van der Waals surface area contributed by atoms with Crippen LogP contribution in [0, 0.1) is 20.8 Å². The third-order valence-corrected chi connectivity index (χ3v) is 6.29. The number of anilines is 3. The Bertz CT molecular complexity index is 1170. The SMILES string of the molecule is CCN(CCOC)C(=O)Cn1cc(C)c(Nc2ncc(C(=O)Nc3c(C)ccc(O)c3C)s2)n1. The number of hydrogen-bond donors (Lipinski definition) is 3. The van der Waals surface area contributed by atoms with Crippen LogP contribution in [0.5, 0.6) is 5.75 Å². The van der Waals surface area contributed by atoms with Crippen molar-refractivity contribution in [1.82, 2.24) is 19.7 Å². The number of carbonyl (C=O) groups excluding carboxylic acids is 2. The van der Waals surface area contributed by atoms with E-state index in [1.807, 2.05) is 20.8 Å². The van der Waals surface area contributed by atoms with Crippen molar-refractivity contribution in [1.29, 1.82) is 0 Å². The summed E-state index contributed by atoms with van der Waals surface area (Å²) >= 11 is 1.19. The number of thiazole rings is 1.